The minimum atomic E-state index is 0.340. The van der Waals surface area contributed by atoms with E-state index in [1.165, 1.54) is 5.70 Å². The SMILES string of the molecule is CC(C)C1=CC2N=CC=CC2N1. The molecule has 2 rings (SSSR count). The van der Waals surface area contributed by atoms with Crippen LogP contribution in [0.2, 0.25) is 0 Å². The van der Waals surface area contributed by atoms with Crippen LogP contribution in [0.3, 0.4) is 0 Å². The van der Waals surface area contributed by atoms with Crippen molar-refractivity contribution >= 4 is 6.21 Å². The Morgan fingerprint density at radius 3 is 3.00 bits per heavy atom. The smallest absolute Gasteiger partial charge is 0.0936 e. The highest BCUT2D eigenvalue weighted by atomic mass is 15.0. The number of fused-ring (bicyclic) bond motifs is 1. The largest absolute Gasteiger partial charge is 0.380 e. The second kappa shape index (κ2) is 2.77. The van der Waals surface area contributed by atoms with E-state index in [0.717, 1.165) is 0 Å². The van der Waals surface area contributed by atoms with E-state index >= 15 is 0 Å². The molecule has 0 aromatic carbocycles. The fraction of sp³-hybridized carbons (Fsp3) is 0.500. The van der Waals surface area contributed by atoms with Crippen LogP contribution in [0.15, 0.2) is 28.9 Å². The van der Waals surface area contributed by atoms with Gasteiger partial charge in [0.25, 0.3) is 0 Å². The third-order valence-electron chi connectivity index (χ3n) is 2.34. The molecule has 0 saturated heterocycles. The summed E-state index contributed by atoms with van der Waals surface area (Å²) in [4.78, 5) is 4.37. The highest BCUT2D eigenvalue weighted by molar-refractivity contribution is 5.73. The first-order valence-corrected chi connectivity index (χ1v) is 4.45. The van der Waals surface area contributed by atoms with Crippen molar-refractivity contribution < 1.29 is 0 Å². The molecule has 2 aliphatic heterocycles. The molecule has 0 fully saturated rings. The van der Waals surface area contributed by atoms with Crippen LogP contribution in [0.25, 0.3) is 0 Å². The fourth-order valence-corrected chi connectivity index (χ4v) is 1.59. The molecule has 0 spiro atoms. The third kappa shape index (κ3) is 1.17. The van der Waals surface area contributed by atoms with Crippen molar-refractivity contribution in [1.29, 1.82) is 0 Å². The van der Waals surface area contributed by atoms with E-state index in [2.05, 4.69) is 36.3 Å². The van der Waals surface area contributed by atoms with Crippen LogP contribution in [0.5, 0.6) is 0 Å². The second-order valence-electron chi connectivity index (χ2n) is 3.62. The first-order valence-electron chi connectivity index (χ1n) is 4.45. The van der Waals surface area contributed by atoms with Crippen LogP contribution in [-0.4, -0.2) is 18.3 Å². The molecular weight excluding hydrogens is 148 g/mol. The van der Waals surface area contributed by atoms with Crippen LogP contribution < -0.4 is 5.32 Å². The zero-order valence-electron chi connectivity index (χ0n) is 7.49. The molecule has 0 aromatic rings. The molecule has 2 unspecified atom stereocenters. The Bertz CT molecular complexity index is 261. The average molecular weight is 162 g/mol. The molecule has 12 heavy (non-hydrogen) atoms. The normalized spacial score (nSPS) is 31.8. The van der Waals surface area contributed by atoms with Gasteiger partial charge >= 0.3 is 0 Å². The van der Waals surface area contributed by atoms with E-state index in [0.29, 0.717) is 18.0 Å². The predicted molar refractivity (Wildman–Crippen MR) is 51.3 cm³/mol. The summed E-state index contributed by atoms with van der Waals surface area (Å²) in [5.41, 5.74) is 1.33. The molecule has 0 bridgehead atoms. The highest BCUT2D eigenvalue weighted by Crippen LogP contribution is 2.21. The van der Waals surface area contributed by atoms with Gasteiger partial charge in [-0.15, -0.1) is 0 Å². The van der Waals surface area contributed by atoms with E-state index < -0.39 is 0 Å². The number of hydrogen-bond donors (Lipinski definition) is 1. The van der Waals surface area contributed by atoms with Gasteiger partial charge in [-0.05, 0) is 18.1 Å². The van der Waals surface area contributed by atoms with Crippen LogP contribution in [-0.2, 0) is 0 Å². The molecule has 64 valence electrons. The Balaban J connectivity index is 2.16. The van der Waals surface area contributed by atoms with Gasteiger partial charge in [0.2, 0.25) is 0 Å². The van der Waals surface area contributed by atoms with E-state index in [-0.39, 0.29) is 0 Å². The number of rotatable bonds is 1. The maximum atomic E-state index is 4.37. The minimum absolute atomic E-state index is 0.340. The zero-order chi connectivity index (χ0) is 8.55. The first-order chi connectivity index (χ1) is 5.77. The van der Waals surface area contributed by atoms with Gasteiger partial charge in [0.05, 0.1) is 12.1 Å². The van der Waals surface area contributed by atoms with Crippen molar-refractivity contribution in [1.82, 2.24) is 5.32 Å². The zero-order valence-corrected chi connectivity index (χ0v) is 7.49. The topological polar surface area (TPSA) is 24.4 Å². The molecule has 0 aliphatic carbocycles. The van der Waals surface area contributed by atoms with Crippen molar-refractivity contribution in [2.75, 3.05) is 0 Å². The first kappa shape index (κ1) is 7.59. The monoisotopic (exact) mass is 162 g/mol. The molecule has 0 radical (unpaired) electrons. The third-order valence-corrected chi connectivity index (χ3v) is 2.34. The van der Waals surface area contributed by atoms with Crippen molar-refractivity contribution in [2.45, 2.75) is 25.9 Å². The Hall–Kier alpha value is -1.05. The molecule has 2 atom stereocenters. The van der Waals surface area contributed by atoms with Crippen molar-refractivity contribution in [3.05, 3.63) is 23.9 Å². The molecule has 2 nitrogen and oxygen atoms in total. The summed E-state index contributed by atoms with van der Waals surface area (Å²) in [6.07, 6.45) is 8.28. The van der Waals surface area contributed by atoms with E-state index in [1.807, 2.05) is 12.3 Å². The minimum Gasteiger partial charge on any atom is -0.380 e. The Labute approximate surface area is 73.1 Å². The molecule has 0 aromatic heterocycles. The lowest BCUT2D eigenvalue weighted by Gasteiger charge is -2.16. The second-order valence-corrected chi connectivity index (χ2v) is 3.62. The van der Waals surface area contributed by atoms with Gasteiger partial charge in [0.1, 0.15) is 0 Å². The summed E-state index contributed by atoms with van der Waals surface area (Å²) in [7, 11) is 0. The maximum Gasteiger partial charge on any atom is 0.0936 e. The highest BCUT2D eigenvalue weighted by Gasteiger charge is 2.25. The molecule has 1 N–H and O–H groups in total. The lowest BCUT2D eigenvalue weighted by atomic mass is 10.1. The van der Waals surface area contributed by atoms with Gasteiger partial charge < -0.3 is 5.32 Å². The van der Waals surface area contributed by atoms with E-state index in [1.54, 1.807) is 0 Å². The molecular formula is C10H14N2. The van der Waals surface area contributed by atoms with E-state index in [9.17, 15) is 0 Å². The van der Waals surface area contributed by atoms with E-state index in [4.69, 9.17) is 0 Å². The summed E-state index contributed by atoms with van der Waals surface area (Å²) in [5.74, 6) is 0.583. The van der Waals surface area contributed by atoms with Gasteiger partial charge in [0, 0.05) is 11.9 Å². The van der Waals surface area contributed by atoms with Gasteiger partial charge in [0.15, 0.2) is 0 Å². The predicted octanol–water partition coefficient (Wildman–Crippen LogP) is 1.51. The molecule has 2 aliphatic rings. The number of nitrogens with one attached hydrogen (secondary N) is 1. The maximum absolute atomic E-state index is 4.37. The number of nitrogens with zero attached hydrogens (tertiary/aromatic N) is 1. The standard InChI is InChI=1S/C10H14N2/c1-7(2)9-6-10-8(12-9)4-3-5-11-10/h3-8,10,12H,1-2H3. The summed E-state index contributed by atoms with van der Waals surface area (Å²) in [6.45, 7) is 4.40. The summed E-state index contributed by atoms with van der Waals surface area (Å²) in [6, 6.07) is 0.750. The van der Waals surface area contributed by atoms with Crippen molar-refractivity contribution in [2.24, 2.45) is 10.9 Å². The van der Waals surface area contributed by atoms with Crippen LogP contribution >= 0.6 is 0 Å². The van der Waals surface area contributed by atoms with Gasteiger partial charge in [-0.3, -0.25) is 4.99 Å². The van der Waals surface area contributed by atoms with Crippen LogP contribution in [0, 0.1) is 5.92 Å². The number of aliphatic imine (C=N–C) groups is 1. The Kier molecular flexibility index (Phi) is 1.75. The molecule has 2 heterocycles. The van der Waals surface area contributed by atoms with Crippen LogP contribution in [0.1, 0.15) is 13.8 Å². The van der Waals surface area contributed by atoms with Crippen LogP contribution in [0.4, 0.5) is 0 Å². The molecule has 0 amide bonds. The molecule has 0 saturated carbocycles. The number of hydrogen-bond acceptors (Lipinski definition) is 2. The number of allylic oxidation sites excluding steroid dienone is 2. The summed E-state index contributed by atoms with van der Waals surface area (Å²) in [5, 5.41) is 3.45. The lowest BCUT2D eigenvalue weighted by Crippen LogP contribution is -2.31. The summed E-state index contributed by atoms with van der Waals surface area (Å²) < 4.78 is 0. The quantitative estimate of drug-likeness (QED) is 0.621. The fourth-order valence-electron chi connectivity index (χ4n) is 1.59. The Morgan fingerprint density at radius 1 is 1.50 bits per heavy atom. The summed E-state index contributed by atoms with van der Waals surface area (Å²) >= 11 is 0. The van der Waals surface area contributed by atoms with Crippen molar-refractivity contribution in [3.8, 4) is 0 Å². The van der Waals surface area contributed by atoms with Gasteiger partial charge in [-0.25, -0.2) is 0 Å². The molecule has 2 heteroatoms. The number of dihydropyridines is 1. The lowest BCUT2D eigenvalue weighted by molar-refractivity contribution is 0.611. The Morgan fingerprint density at radius 2 is 2.33 bits per heavy atom. The van der Waals surface area contributed by atoms with Gasteiger partial charge in [-0.2, -0.15) is 0 Å². The van der Waals surface area contributed by atoms with Gasteiger partial charge in [-0.1, -0.05) is 19.9 Å². The van der Waals surface area contributed by atoms with Crippen molar-refractivity contribution in [3.63, 3.8) is 0 Å². The average Bonchev–Trinajstić information content (AvgIpc) is 2.46.